The lowest BCUT2D eigenvalue weighted by Gasteiger charge is -2.32. The summed E-state index contributed by atoms with van der Waals surface area (Å²) in [5.74, 6) is 0.913. The van der Waals surface area contributed by atoms with Crippen LogP contribution in [0.3, 0.4) is 0 Å². The molecule has 1 aliphatic rings. The number of hydrogen-bond acceptors (Lipinski definition) is 3. The van der Waals surface area contributed by atoms with E-state index in [1.165, 1.54) is 18.5 Å². The Morgan fingerprint density at radius 2 is 1.74 bits per heavy atom. The van der Waals surface area contributed by atoms with Crippen molar-refractivity contribution in [1.29, 1.82) is 0 Å². The van der Waals surface area contributed by atoms with E-state index in [2.05, 4.69) is 46.7 Å². The van der Waals surface area contributed by atoms with Gasteiger partial charge in [-0.05, 0) is 55.5 Å². The van der Waals surface area contributed by atoms with Gasteiger partial charge in [-0.2, -0.15) is 0 Å². The number of anilines is 2. The minimum Gasteiger partial charge on any atom is -0.385 e. The van der Waals surface area contributed by atoms with E-state index in [4.69, 9.17) is 0 Å². The fraction of sp³-hybridized carbons (Fsp3) is 0.435. The second-order valence-corrected chi connectivity index (χ2v) is 7.59. The molecule has 4 nitrogen and oxygen atoms in total. The Balaban J connectivity index is 1.40. The van der Waals surface area contributed by atoms with Crippen molar-refractivity contribution in [2.45, 2.75) is 39.2 Å². The predicted octanol–water partition coefficient (Wildman–Crippen LogP) is 4.60. The number of nitrogens with one attached hydrogen (secondary N) is 2. The molecule has 2 N–H and O–H groups in total. The monoisotopic (exact) mass is 365 g/mol. The molecule has 2 aromatic rings. The lowest BCUT2D eigenvalue weighted by atomic mass is 9.99. The van der Waals surface area contributed by atoms with Gasteiger partial charge < -0.3 is 15.5 Å². The van der Waals surface area contributed by atoms with E-state index in [9.17, 15) is 4.79 Å². The number of piperidine rings is 1. The minimum atomic E-state index is 0.0326. The average Bonchev–Trinajstić information content (AvgIpc) is 2.70. The summed E-state index contributed by atoms with van der Waals surface area (Å²) in [5.41, 5.74) is 3.48. The van der Waals surface area contributed by atoms with E-state index in [1.54, 1.807) is 0 Å². The molecule has 2 aromatic carbocycles. The minimum absolute atomic E-state index is 0.0326. The third kappa shape index (κ3) is 5.75. The first-order chi connectivity index (χ1) is 13.1. The summed E-state index contributed by atoms with van der Waals surface area (Å²) >= 11 is 0. The molecule has 3 rings (SSSR count). The number of amides is 1. The van der Waals surface area contributed by atoms with Crippen LogP contribution in [0.15, 0.2) is 54.6 Å². The average molecular weight is 366 g/mol. The van der Waals surface area contributed by atoms with Crippen molar-refractivity contribution in [2.24, 2.45) is 5.92 Å². The Hall–Kier alpha value is -2.49. The van der Waals surface area contributed by atoms with Gasteiger partial charge in [-0.25, -0.2) is 0 Å². The van der Waals surface area contributed by atoms with Gasteiger partial charge >= 0.3 is 0 Å². The molecule has 4 heteroatoms. The topological polar surface area (TPSA) is 44.4 Å². The number of carbonyl (C=O) groups excluding carboxylic acids is 1. The van der Waals surface area contributed by atoms with Crippen LogP contribution in [0.4, 0.5) is 11.4 Å². The van der Waals surface area contributed by atoms with E-state index >= 15 is 0 Å². The molecule has 1 fully saturated rings. The second kappa shape index (κ2) is 9.45. The third-order valence-corrected chi connectivity index (χ3v) is 5.37. The van der Waals surface area contributed by atoms with Crippen molar-refractivity contribution in [2.75, 3.05) is 29.9 Å². The van der Waals surface area contributed by atoms with Crippen molar-refractivity contribution in [3.63, 3.8) is 0 Å². The van der Waals surface area contributed by atoms with E-state index in [1.807, 2.05) is 37.3 Å². The smallest absolute Gasteiger partial charge is 0.222 e. The first-order valence-electron chi connectivity index (χ1n) is 10.0. The van der Waals surface area contributed by atoms with Crippen molar-refractivity contribution in [3.8, 4) is 0 Å². The lowest BCUT2D eigenvalue weighted by molar-refractivity contribution is -0.121. The van der Waals surface area contributed by atoms with Crippen LogP contribution >= 0.6 is 0 Å². The highest BCUT2D eigenvalue weighted by Crippen LogP contribution is 2.24. The number of hydrogen-bond donors (Lipinski definition) is 2. The van der Waals surface area contributed by atoms with E-state index in [-0.39, 0.29) is 11.9 Å². The number of benzene rings is 2. The Labute approximate surface area is 163 Å². The zero-order valence-electron chi connectivity index (χ0n) is 16.4. The Morgan fingerprint density at radius 1 is 1.07 bits per heavy atom. The summed E-state index contributed by atoms with van der Waals surface area (Å²) in [7, 11) is 0. The molecule has 0 radical (unpaired) electrons. The summed E-state index contributed by atoms with van der Waals surface area (Å²) in [5, 5.41) is 6.40. The third-order valence-electron chi connectivity index (χ3n) is 5.37. The van der Waals surface area contributed by atoms with Gasteiger partial charge in [0.05, 0.1) is 6.04 Å². The Kier molecular flexibility index (Phi) is 6.74. The fourth-order valence-corrected chi connectivity index (χ4v) is 3.52. The molecule has 1 unspecified atom stereocenters. The van der Waals surface area contributed by atoms with E-state index < -0.39 is 0 Å². The molecule has 1 atom stereocenters. The Bertz CT molecular complexity index is 706. The van der Waals surface area contributed by atoms with Crippen LogP contribution in [0, 0.1) is 5.92 Å². The summed E-state index contributed by atoms with van der Waals surface area (Å²) in [6.45, 7) is 7.27. The highest BCUT2D eigenvalue weighted by molar-refractivity contribution is 5.77. The molecular weight excluding hydrogens is 334 g/mol. The first-order valence-corrected chi connectivity index (χ1v) is 10.0. The maximum Gasteiger partial charge on any atom is 0.222 e. The maximum atomic E-state index is 12.1. The van der Waals surface area contributed by atoms with Gasteiger partial charge in [-0.15, -0.1) is 0 Å². The van der Waals surface area contributed by atoms with Crippen LogP contribution in [0.2, 0.25) is 0 Å². The molecule has 1 amide bonds. The number of nitrogens with zero attached hydrogens (tertiary/aromatic N) is 1. The molecule has 27 heavy (non-hydrogen) atoms. The fourth-order valence-electron chi connectivity index (χ4n) is 3.52. The predicted molar refractivity (Wildman–Crippen MR) is 113 cm³/mol. The zero-order chi connectivity index (χ0) is 19.1. The van der Waals surface area contributed by atoms with E-state index in [0.717, 1.165) is 30.3 Å². The number of carbonyl (C=O) groups is 1. The summed E-state index contributed by atoms with van der Waals surface area (Å²) < 4.78 is 0. The van der Waals surface area contributed by atoms with Gasteiger partial charge in [0.25, 0.3) is 0 Å². The van der Waals surface area contributed by atoms with Gasteiger partial charge in [0.15, 0.2) is 0 Å². The van der Waals surface area contributed by atoms with Gasteiger partial charge in [-0.1, -0.05) is 37.3 Å². The zero-order valence-corrected chi connectivity index (χ0v) is 16.4. The first kappa shape index (κ1) is 19.3. The Morgan fingerprint density at radius 3 is 2.41 bits per heavy atom. The van der Waals surface area contributed by atoms with Gasteiger partial charge in [0.1, 0.15) is 0 Å². The molecule has 1 heterocycles. The summed E-state index contributed by atoms with van der Waals surface area (Å²) in [4.78, 5) is 14.6. The lowest BCUT2D eigenvalue weighted by Crippen LogP contribution is -2.32. The molecule has 0 bridgehead atoms. The molecule has 1 aliphatic heterocycles. The summed E-state index contributed by atoms with van der Waals surface area (Å²) in [6, 6.07) is 18.6. The molecule has 0 aromatic heterocycles. The van der Waals surface area contributed by atoms with Crippen molar-refractivity contribution >= 4 is 17.3 Å². The highest BCUT2D eigenvalue weighted by atomic mass is 16.1. The second-order valence-electron chi connectivity index (χ2n) is 7.59. The standard InChI is InChI=1S/C23H31N3O/c1-18-13-16-26(17-14-18)22-10-8-21(9-11-22)24-15-12-23(27)25-19(2)20-6-4-3-5-7-20/h3-11,18-19,24H,12-17H2,1-2H3,(H,25,27). The van der Waals surface area contributed by atoms with Gasteiger partial charge in [-0.3, -0.25) is 4.79 Å². The molecular formula is C23H31N3O. The van der Waals surface area contributed by atoms with Gasteiger partial charge in [0.2, 0.25) is 5.91 Å². The maximum absolute atomic E-state index is 12.1. The molecule has 1 saturated heterocycles. The molecule has 0 saturated carbocycles. The normalized spacial score (nSPS) is 16.0. The van der Waals surface area contributed by atoms with Gasteiger partial charge in [0, 0.05) is 37.4 Å². The van der Waals surface area contributed by atoms with Crippen molar-refractivity contribution in [1.82, 2.24) is 5.32 Å². The van der Waals surface area contributed by atoms with Crippen LogP contribution in [-0.2, 0) is 4.79 Å². The quantitative estimate of drug-likeness (QED) is 0.753. The highest BCUT2D eigenvalue weighted by Gasteiger charge is 2.15. The largest absolute Gasteiger partial charge is 0.385 e. The van der Waals surface area contributed by atoms with Crippen LogP contribution < -0.4 is 15.5 Å². The SMILES string of the molecule is CC1CCN(c2ccc(NCCC(=O)NC(C)c3ccccc3)cc2)CC1. The number of rotatable bonds is 7. The van der Waals surface area contributed by atoms with Crippen molar-refractivity contribution < 1.29 is 4.79 Å². The van der Waals surface area contributed by atoms with Crippen LogP contribution in [0.5, 0.6) is 0 Å². The molecule has 0 aliphatic carbocycles. The van der Waals surface area contributed by atoms with E-state index in [0.29, 0.717) is 13.0 Å². The summed E-state index contributed by atoms with van der Waals surface area (Å²) in [6.07, 6.45) is 3.01. The van der Waals surface area contributed by atoms with Crippen LogP contribution in [-0.4, -0.2) is 25.5 Å². The van der Waals surface area contributed by atoms with Crippen molar-refractivity contribution in [3.05, 3.63) is 60.2 Å². The van der Waals surface area contributed by atoms with Crippen LogP contribution in [0.25, 0.3) is 0 Å². The molecule has 144 valence electrons. The van der Waals surface area contributed by atoms with Crippen LogP contribution in [0.1, 0.15) is 44.7 Å². The molecule has 0 spiro atoms.